The SMILES string of the molecule is CC(C)Cn1c(SCC(=O)c2ccc3c(c2)CCCC3)nnc1N1CCOCC1. The molecule has 1 aliphatic carbocycles. The number of benzene rings is 1. The number of Topliss-reactive ketones (excluding diaryl/α,β-unsaturated/α-hetero) is 1. The van der Waals surface area contributed by atoms with Crippen LogP contribution in [0.25, 0.3) is 0 Å². The second-order valence-electron chi connectivity index (χ2n) is 8.29. The molecule has 6 nitrogen and oxygen atoms in total. The first kappa shape index (κ1) is 20.4. The van der Waals surface area contributed by atoms with Crippen LogP contribution >= 0.6 is 11.8 Å². The Morgan fingerprint density at radius 1 is 1.14 bits per heavy atom. The minimum absolute atomic E-state index is 0.162. The molecule has 7 heteroatoms. The number of carbonyl (C=O) groups is 1. The zero-order valence-corrected chi connectivity index (χ0v) is 18.2. The first-order valence-corrected chi connectivity index (χ1v) is 11.6. The van der Waals surface area contributed by atoms with E-state index in [1.165, 1.54) is 35.7 Å². The van der Waals surface area contributed by atoms with Gasteiger partial charge in [-0.25, -0.2) is 0 Å². The third-order valence-electron chi connectivity index (χ3n) is 5.54. The second-order valence-corrected chi connectivity index (χ2v) is 9.23. The van der Waals surface area contributed by atoms with E-state index in [2.05, 4.69) is 45.6 Å². The predicted octanol–water partition coefficient (Wildman–Crippen LogP) is 3.62. The Morgan fingerprint density at radius 3 is 2.66 bits per heavy atom. The highest BCUT2D eigenvalue weighted by atomic mass is 32.2. The van der Waals surface area contributed by atoms with Crippen molar-refractivity contribution in [2.75, 3.05) is 37.0 Å². The third-order valence-corrected chi connectivity index (χ3v) is 6.51. The van der Waals surface area contributed by atoms with Gasteiger partial charge in [0.15, 0.2) is 10.9 Å². The van der Waals surface area contributed by atoms with Gasteiger partial charge in [0, 0.05) is 25.2 Å². The van der Waals surface area contributed by atoms with Crippen LogP contribution in [0.4, 0.5) is 5.95 Å². The Bertz CT molecular complexity index is 858. The highest BCUT2D eigenvalue weighted by Crippen LogP contribution is 2.26. The van der Waals surface area contributed by atoms with E-state index >= 15 is 0 Å². The summed E-state index contributed by atoms with van der Waals surface area (Å²) in [6, 6.07) is 6.24. The Morgan fingerprint density at radius 2 is 1.90 bits per heavy atom. The molecule has 2 aromatic rings. The van der Waals surface area contributed by atoms with Crippen LogP contribution in [0.3, 0.4) is 0 Å². The van der Waals surface area contributed by atoms with Crippen molar-refractivity contribution in [3.05, 3.63) is 34.9 Å². The Balaban J connectivity index is 1.47. The lowest BCUT2D eigenvalue weighted by molar-refractivity contribution is 0.102. The average molecular weight is 415 g/mol. The maximum absolute atomic E-state index is 12.8. The average Bonchev–Trinajstić information content (AvgIpc) is 3.14. The van der Waals surface area contributed by atoms with Crippen LogP contribution in [-0.4, -0.2) is 52.6 Å². The van der Waals surface area contributed by atoms with Gasteiger partial charge in [0.05, 0.1) is 19.0 Å². The normalized spacial score (nSPS) is 16.9. The molecular formula is C22H30N4O2S. The van der Waals surface area contributed by atoms with Crippen LogP contribution in [0.5, 0.6) is 0 Å². The van der Waals surface area contributed by atoms with Crippen molar-refractivity contribution in [1.29, 1.82) is 0 Å². The van der Waals surface area contributed by atoms with E-state index in [1.807, 2.05) is 6.07 Å². The van der Waals surface area contributed by atoms with E-state index in [1.54, 1.807) is 0 Å². The van der Waals surface area contributed by atoms with Gasteiger partial charge >= 0.3 is 0 Å². The molecule has 1 saturated heterocycles. The van der Waals surface area contributed by atoms with E-state index in [0.29, 0.717) is 24.9 Å². The lowest BCUT2D eigenvalue weighted by atomic mass is 9.90. The Labute approximate surface area is 177 Å². The quantitative estimate of drug-likeness (QED) is 0.509. The molecule has 0 N–H and O–H groups in total. The molecule has 0 amide bonds. The predicted molar refractivity (Wildman–Crippen MR) is 116 cm³/mol. The van der Waals surface area contributed by atoms with E-state index in [-0.39, 0.29) is 5.78 Å². The first-order chi connectivity index (χ1) is 14.1. The van der Waals surface area contributed by atoms with Crippen LogP contribution < -0.4 is 4.90 Å². The zero-order valence-electron chi connectivity index (χ0n) is 17.4. The summed E-state index contributed by atoms with van der Waals surface area (Å²) in [6.45, 7) is 8.31. The molecule has 0 spiro atoms. The number of carbonyl (C=O) groups excluding carboxylic acids is 1. The van der Waals surface area contributed by atoms with Crippen LogP contribution in [-0.2, 0) is 24.1 Å². The van der Waals surface area contributed by atoms with Crippen LogP contribution in [0.2, 0.25) is 0 Å². The van der Waals surface area contributed by atoms with Crippen LogP contribution in [0.1, 0.15) is 48.2 Å². The van der Waals surface area contributed by atoms with Gasteiger partial charge in [-0.05, 0) is 48.8 Å². The molecule has 1 aliphatic heterocycles. The van der Waals surface area contributed by atoms with Crippen molar-refractivity contribution >= 4 is 23.5 Å². The number of fused-ring (bicyclic) bond motifs is 1. The fraction of sp³-hybridized carbons (Fsp3) is 0.591. The number of ketones is 1. The van der Waals surface area contributed by atoms with Crippen molar-refractivity contribution in [3.63, 3.8) is 0 Å². The molecular weight excluding hydrogens is 384 g/mol. The first-order valence-electron chi connectivity index (χ1n) is 10.7. The number of rotatable bonds is 7. The van der Waals surface area contributed by atoms with Gasteiger partial charge in [0.1, 0.15) is 0 Å². The van der Waals surface area contributed by atoms with Gasteiger partial charge < -0.3 is 9.64 Å². The van der Waals surface area contributed by atoms with Crippen molar-refractivity contribution < 1.29 is 9.53 Å². The van der Waals surface area contributed by atoms with Crippen molar-refractivity contribution in [2.45, 2.75) is 51.2 Å². The summed E-state index contributed by atoms with van der Waals surface area (Å²) >= 11 is 1.50. The maximum Gasteiger partial charge on any atom is 0.228 e. The highest BCUT2D eigenvalue weighted by Gasteiger charge is 2.22. The van der Waals surface area contributed by atoms with Gasteiger partial charge in [-0.15, -0.1) is 10.2 Å². The van der Waals surface area contributed by atoms with Gasteiger partial charge in [-0.2, -0.15) is 0 Å². The summed E-state index contributed by atoms with van der Waals surface area (Å²) < 4.78 is 7.63. The van der Waals surface area contributed by atoms with Gasteiger partial charge in [-0.1, -0.05) is 37.7 Å². The summed E-state index contributed by atoms with van der Waals surface area (Å²) in [5.41, 5.74) is 3.58. The van der Waals surface area contributed by atoms with Crippen molar-refractivity contribution in [2.24, 2.45) is 5.92 Å². The molecule has 2 heterocycles. The fourth-order valence-corrected chi connectivity index (χ4v) is 4.87. The number of morpholine rings is 1. The molecule has 0 unspecified atom stereocenters. The summed E-state index contributed by atoms with van der Waals surface area (Å²) in [7, 11) is 0. The number of anilines is 1. The largest absolute Gasteiger partial charge is 0.378 e. The van der Waals surface area contributed by atoms with Gasteiger partial charge in [0.25, 0.3) is 0 Å². The topological polar surface area (TPSA) is 60.2 Å². The molecule has 0 bridgehead atoms. The molecule has 0 saturated carbocycles. The highest BCUT2D eigenvalue weighted by molar-refractivity contribution is 7.99. The Hall–Kier alpha value is -1.86. The molecule has 1 aromatic heterocycles. The van der Waals surface area contributed by atoms with Gasteiger partial charge in [0.2, 0.25) is 5.95 Å². The smallest absolute Gasteiger partial charge is 0.228 e. The summed E-state index contributed by atoms with van der Waals surface area (Å²) in [4.78, 5) is 15.1. The minimum Gasteiger partial charge on any atom is -0.378 e. The lowest BCUT2D eigenvalue weighted by Gasteiger charge is -2.28. The van der Waals surface area contributed by atoms with E-state index in [4.69, 9.17) is 4.74 Å². The number of ether oxygens (including phenoxy) is 1. The van der Waals surface area contributed by atoms with Crippen molar-refractivity contribution in [3.8, 4) is 0 Å². The summed E-state index contributed by atoms with van der Waals surface area (Å²) in [5, 5.41) is 9.70. The number of hydrogen-bond acceptors (Lipinski definition) is 6. The number of aryl methyl sites for hydroxylation is 2. The summed E-state index contributed by atoms with van der Waals surface area (Å²) in [6.07, 6.45) is 4.71. The third kappa shape index (κ3) is 4.83. The summed E-state index contributed by atoms with van der Waals surface area (Å²) in [5.74, 6) is 1.92. The zero-order chi connectivity index (χ0) is 20.2. The van der Waals surface area contributed by atoms with E-state index in [9.17, 15) is 4.79 Å². The number of nitrogens with zero attached hydrogens (tertiary/aromatic N) is 4. The van der Waals surface area contributed by atoms with Crippen molar-refractivity contribution in [1.82, 2.24) is 14.8 Å². The standard InChI is InChI=1S/C22H30N4O2S/c1-16(2)14-26-21(25-9-11-28-12-10-25)23-24-22(26)29-15-20(27)19-8-7-17-5-3-4-6-18(17)13-19/h7-8,13,16H,3-6,9-12,14-15H2,1-2H3. The van der Waals surface area contributed by atoms with E-state index in [0.717, 1.165) is 49.1 Å². The molecule has 1 aromatic carbocycles. The van der Waals surface area contributed by atoms with Crippen LogP contribution in [0, 0.1) is 5.92 Å². The fourth-order valence-electron chi connectivity index (χ4n) is 4.03. The molecule has 0 radical (unpaired) electrons. The molecule has 29 heavy (non-hydrogen) atoms. The van der Waals surface area contributed by atoms with Gasteiger partial charge in [-0.3, -0.25) is 9.36 Å². The molecule has 2 aliphatic rings. The number of hydrogen-bond donors (Lipinski definition) is 0. The molecule has 156 valence electrons. The second kappa shape index (κ2) is 9.30. The maximum atomic E-state index is 12.8. The molecule has 4 rings (SSSR count). The van der Waals surface area contributed by atoms with Crippen LogP contribution in [0.15, 0.2) is 23.4 Å². The monoisotopic (exact) mass is 414 g/mol. The molecule has 1 fully saturated rings. The number of aromatic nitrogens is 3. The lowest BCUT2D eigenvalue weighted by Crippen LogP contribution is -2.38. The molecule has 0 atom stereocenters. The minimum atomic E-state index is 0.162. The Kier molecular flexibility index (Phi) is 6.55. The van der Waals surface area contributed by atoms with E-state index < -0.39 is 0 Å². The number of thioether (sulfide) groups is 1.